The summed E-state index contributed by atoms with van der Waals surface area (Å²) in [5.41, 5.74) is 6.14. The van der Waals surface area contributed by atoms with E-state index in [4.69, 9.17) is 12.2 Å². The minimum atomic E-state index is 0.713. The summed E-state index contributed by atoms with van der Waals surface area (Å²) >= 11 is 5.50. The number of hydrogen-bond donors (Lipinski definition) is 1. The lowest BCUT2D eigenvalue weighted by atomic mass is 10.1. The average Bonchev–Trinajstić information content (AvgIpc) is 2.61. The fraction of sp³-hybridized carbons (Fsp3) is 0.562. The molecule has 7 heteroatoms. The Morgan fingerprint density at radius 2 is 2.09 bits per heavy atom. The Kier molecular flexibility index (Phi) is 5.07. The number of hydrazone groups is 1. The van der Waals surface area contributed by atoms with Crippen LogP contribution >= 0.6 is 12.2 Å². The van der Waals surface area contributed by atoms with Crippen molar-refractivity contribution in [3.8, 4) is 0 Å². The summed E-state index contributed by atoms with van der Waals surface area (Å²) in [4.78, 5) is 11.3. The predicted octanol–water partition coefficient (Wildman–Crippen LogP) is 1.14. The van der Waals surface area contributed by atoms with Crippen LogP contribution in [0.25, 0.3) is 0 Å². The third-order valence-corrected chi connectivity index (χ3v) is 4.90. The smallest absolute Gasteiger partial charge is 0.189 e. The zero-order chi connectivity index (χ0) is 16.2. The standard InChI is InChI=1S/C16H24N6S/c1-3-21-9-11-22(12-10-21)16(23)19-18-13-6-8-20(2)14-5-4-7-17-15(13)14/h4-5,7H,3,6,8-12H2,1-2H3,(H,19,23)/b18-13-. The maximum Gasteiger partial charge on any atom is 0.189 e. The van der Waals surface area contributed by atoms with E-state index in [-0.39, 0.29) is 0 Å². The van der Waals surface area contributed by atoms with E-state index >= 15 is 0 Å². The van der Waals surface area contributed by atoms with E-state index in [0.29, 0.717) is 5.11 Å². The molecule has 3 rings (SSSR count). The van der Waals surface area contributed by atoms with Crippen molar-refractivity contribution in [2.24, 2.45) is 5.10 Å². The summed E-state index contributed by atoms with van der Waals surface area (Å²) in [5.74, 6) is 0. The molecule has 0 aliphatic carbocycles. The van der Waals surface area contributed by atoms with E-state index in [1.54, 1.807) is 0 Å². The summed E-state index contributed by atoms with van der Waals surface area (Å²) in [6.07, 6.45) is 2.69. The summed E-state index contributed by atoms with van der Waals surface area (Å²) in [7, 11) is 2.09. The number of likely N-dealkylation sites (N-methyl/N-ethyl adjacent to an activating group) is 1. The molecule has 0 unspecified atom stereocenters. The Balaban J connectivity index is 1.64. The van der Waals surface area contributed by atoms with E-state index in [9.17, 15) is 0 Å². The molecule has 0 saturated carbocycles. The number of nitrogens with one attached hydrogen (secondary N) is 1. The first-order chi connectivity index (χ1) is 11.2. The van der Waals surface area contributed by atoms with Gasteiger partial charge in [-0.3, -0.25) is 10.4 Å². The average molecular weight is 332 g/mol. The maximum absolute atomic E-state index is 5.50. The monoisotopic (exact) mass is 332 g/mol. The lowest BCUT2D eigenvalue weighted by molar-refractivity contribution is 0.189. The number of nitrogens with zero attached hydrogens (tertiary/aromatic N) is 5. The molecule has 3 heterocycles. The number of anilines is 1. The molecule has 0 bridgehead atoms. The molecule has 6 nitrogen and oxygen atoms in total. The topological polar surface area (TPSA) is 47.0 Å². The van der Waals surface area contributed by atoms with Crippen LogP contribution < -0.4 is 10.3 Å². The fourth-order valence-corrected chi connectivity index (χ4v) is 3.23. The number of aromatic nitrogens is 1. The molecule has 1 fully saturated rings. The predicted molar refractivity (Wildman–Crippen MR) is 98.1 cm³/mol. The Labute approximate surface area is 143 Å². The highest BCUT2D eigenvalue weighted by Gasteiger charge is 2.21. The van der Waals surface area contributed by atoms with E-state index in [1.807, 2.05) is 12.3 Å². The van der Waals surface area contributed by atoms with Crippen LogP contribution in [0.5, 0.6) is 0 Å². The van der Waals surface area contributed by atoms with Crippen LogP contribution in [-0.4, -0.2) is 71.9 Å². The zero-order valence-corrected chi connectivity index (χ0v) is 14.6. The van der Waals surface area contributed by atoms with Gasteiger partial charge in [-0.15, -0.1) is 0 Å². The second kappa shape index (κ2) is 7.23. The van der Waals surface area contributed by atoms with Crippen LogP contribution in [0.2, 0.25) is 0 Å². The van der Waals surface area contributed by atoms with Crippen molar-refractivity contribution in [3.63, 3.8) is 0 Å². The quantitative estimate of drug-likeness (QED) is 0.647. The second-order valence-electron chi connectivity index (χ2n) is 5.94. The first kappa shape index (κ1) is 16.1. The Morgan fingerprint density at radius 3 is 2.83 bits per heavy atom. The molecular formula is C16H24N6S. The second-order valence-corrected chi connectivity index (χ2v) is 6.33. The van der Waals surface area contributed by atoms with Crippen LogP contribution in [0.15, 0.2) is 23.4 Å². The molecule has 1 saturated heterocycles. The highest BCUT2D eigenvalue weighted by molar-refractivity contribution is 7.80. The highest BCUT2D eigenvalue weighted by atomic mass is 32.1. The summed E-state index contributed by atoms with van der Waals surface area (Å²) in [6, 6.07) is 4.04. The Bertz CT molecular complexity index is 594. The van der Waals surface area contributed by atoms with E-state index in [2.05, 4.69) is 50.2 Å². The van der Waals surface area contributed by atoms with Gasteiger partial charge in [-0.05, 0) is 30.9 Å². The molecule has 1 aromatic rings. The molecule has 0 radical (unpaired) electrons. The molecule has 2 aliphatic heterocycles. The highest BCUT2D eigenvalue weighted by Crippen LogP contribution is 2.23. The van der Waals surface area contributed by atoms with E-state index in [0.717, 1.165) is 62.8 Å². The van der Waals surface area contributed by atoms with Crippen LogP contribution in [0, 0.1) is 0 Å². The molecule has 1 aromatic heterocycles. The zero-order valence-electron chi connectivity index (χ0n) is 13.8. The lowest BCUT2D eigenvalue weighted by Crippen LogP contribution is -2.50. The molecule has 0 atom stereocenters. The first-order valence-electron chi connectivity index (χ1n) is 8.19. The minimum absolute atomic E-state index is 0.713. The summed E-state index contributed by atoms with van der Waals surface area (Å²) in [5, 5.41) is 5.27. The van der Waals surface area contributed by atoms with Crippen LogP contribution in [0.3, 0.4) is 0 Å². The number of rotatable bonds is 2. The third kappa shape index (κ3) is 3.61. The maximum atomic E-state index is 5.50. The van der Waals surface area contributed by atoms with Crippen LogP contribution in [-0.2, 0) is 0 Å². The normalized spacial score (nSPS) is 20.5. The number of thiocarbonyl (C=S) groups is 1. The lowest BCUT2D eigenvalue weighted by Gasteiger charge is -2.35. The molecule has 0 spiro atoms. The van der Waals surface area contributed by atoms with E-state index in [1.165, 1.54) is 0 Å². The SMILES string of the molecule is CCN1CCN(C(=S)N/N=C2/CCN(C)c3cccnc32)CC1. The number of pyridine rings is 1. The van der Waals surface area contributed by atoms with Gasteiger partial charge in [-0.1, -0.05) is 6.92 Å². The van der Waals surface area contributed by atoms with Gasteiger partial charge in [0.1, 0.15) is 5.69 Å². The van der Waals surface area contributed by atoms with Crippen molar-refractivity contribution in [2.45, 2.75) is 13.3 Å². The molecule has 2 aliphatic rings. The largest absolute Gasteiger partial charge is 0.372 e. The number of fused-ring (bicyclic) bond motifs is 1. The molecular weight excluding hydrogens is 308 g/mol. The van der Waals surface area contributed by atoms with E-state index < -0.39 is 0 Å². The Morgan fingerprint density at radius 1 is 1.30 bits per heavy atom. The van der Waals surface area contributed by atoms with Gasteiger partial charge in [-0.2, -0.15) is 5.10 Å². The van der Waals surface area contributed by atoms with Gasteiger partial charge in [0.2, 0.25) is 0 Å². The van der Waals surface area contributed by atoms with Crippen LogP contribution in [0.1, 0.15) is 19.0 Å². The summed E-state index contributed by atoms with van der Waals surface area (Å²) in [6.45, 7) is 8.29. The molecule has 0 amide bonds. The van der Waals surface area contributed by atoms with Crippen LogP contribution in [0.4, 0.5) is 5.69 Å². The fourth-order valence-electron chi connectivity index (χ4n) is 3.00. The molecule has 0 aromatic carbocycles. The number of hydrogen-bond acceptors (Lipinski definition) is 5. The third-order valence-electron chi connectivity index (χ3n) is 4.55. The molecule has 23 heavy (non-hydrogen) atoms. The Hall–Kier alpha value is -1.73. The van der Waals surface area contributed by atoms with Gasteiger partial charge >= 0.3 is 0 Å². The van der Waals surface area contributed by atoms with Gasteiger partial charge in [0.15, 0.2) is 5.11 Å². The minimum Gasteiger partial charge on any atom is -0.372 e. The van der Waals surface area contributed by atoms with Crippen molar-refractivity contribution < 1.29 is 0 Å². The van der Waals surface area contributed by atoms with Crippen molar-refractivity contribution in [1.29, 1.82) is 0 Å². The van der Waals surface area contributed by atoms with Crippen molar-refractivity contribution in [3.05, 3.63) is 24.0 Å². The molecule has 1 N–H and O–H groups in total. The summed E-state index contributed by atoms with van der Waals surface area (Å²) < 4.78 is 0. The van der Waals surface area contributed by atoms with Gasteiger partial charge in [0, 0.05) is 52.4 Å². The first-order valence-corrected chi connectivity index (χ1v) is 8.60. The van der Waals surface area contributed by atoms with Gasteiger partial charge in [0.05, 0.1) is 11.4 Å². The van der Waals surface area contributed by atoms with Gasteiger partial charge < -0.3 is 14.7 Å². The van der Waals surface area contributed by atoms with Gasteiger partial charge in [0.25, 0.3) is 0 Å². The number of piperazine rings is 1. The van der Waals surface area contributed by atoms with Crippen molar-refractivity contribution in [2.75, 3.05) is 51.2 Å². The van der Waals surface area contributed by atoms with Crippen molar-refractivity contribution in [1.82, 2.24) is 20.2 Å². The van der Waals surface area contributed by atoms with Crippen molar-refractivity contribution >= 4 is 28.7 Å². The van der Waals surface area contributed by atoms with Gasteiger partial charge in [-0.25, -0.2) is 0 Å². The molecule has 124 valence electrons.